The summed E-state index contributed by atoms with van der Waals surface area (Å²) in [5.74, 6) is 5.61. The Morgan fingerprint density at radius 3 is 3.13 bits per heavy atom. The van der Waals surface area contributed by atoms with E-state index in [1.807, 2.05) is 0 Å². The lowest BCUT2D eigenvalue weighted by Crippen LogP contribution is -2.01. The number of ether oxygens (including phenoxy) is 1. The number of pyridine rings is 1. The van der Waals surface area contributed by atoms with Gasteiger partial charge < -0.3 is 10.5 Å². The van der Waals surface area contributed by atoms with Gasteiger partial charge in [-0.3, -0.25) is 4.79 Å². The van der Waals surface area contributed by atoms with E-state index >= 15 is 0 Å². The molecule has 4 nitrogen and oxygen atoms in total. The van der Waals surface area contributed by atoms with Crippen LogP contribution in [0.2, 0.25) is 0 Å². The molecule has 0 unspecified atom stereocenters. The third-order valence-electron chi connectivity index (χ3n) is 1.55. The second-order valence-electron chi connectivity index (χ2n) is 2.75. The molecule has 0 aliphatic rings. The van der Waals surface area contributed by atoms with Gasteiger partial charge in [-0.05, 0) is 19.1 Å². The number of nitrogens with zero attached hydrogens (tertiary/aromatic N) is 1. The number of hydrogen-bond donors (Lipinski definition) is 1. The molecule has 4 heteroatoms. The number of carbonyl (C=O) groups excluding carboxylic acids is 1. The van der Waals surface area contributed by atoms with Crippen molar-refractivity contribution >= 4 is 11.8 Å². The molecule has 0 aliphatic carbocycles. The molecule has 0 fully saturated rings. The predicted octanol–water partition coefficient (Wildman–Crippen LogP) is 0.968. The molecular formula is C11H12N2O2. The van der Waals surface area contributed by atoms with Crippen LogP contribution in [-0.2, 0) is 9.53 Å². The van der Waals surface area contributed by atoms with Crippen molar-refractivity contribution in [2.45, 2.75) is 13.3 Å². The van der Waals surface area contributed by atoms with Crippen molar-refractivity contribution in [3.8, 4) is 11.8 Å². The number of carbonyl (C=O) groups is 1. The Labute approximate surface area is 88.5 Å². The maximum Gasteiger partial charge on any atom is 0.317 e. The minimum absolute atomic E-state index is 0.0933. The summed E-state index contributed by atoms with van der Waals surface area (Å²) in [7, 11) is 0. The summed E-state index contributed by atoms with van der Waals surface area (Å²) in [6.45, 7) is 2.14. The van der Waals surface area contributed by atoms with Crippen molar-refractivity contribution in [2.24, 2.45) is 0 Å². The van der Waals surface area contributed by atoms with Gasteiger partial charge in [-0.1, -0.05) is 11.8 Å². The monoisotopic (exact) mass is 204 g/mol. The van der Waals surface area contributed by atoms with Gasteiger partial charge in [0.1, 0.15) is 12.2 Å². The SMILES string of the molecule is CCOC(=O)CC#Cc1ccnc(N)c1. The minimum Gasteiger partial charge on any atom is -0.465 e. The van der Waals surface area contributed by atoms with Crippen LogP contribution in [0.3, 0.4) is 0 Å². The van der Waals surface area contributed by atoms with Crippen molar-refractivity contribution < 1.29 is 9.53 Å². The highest BCUT2D eigenvalue weighted by Gasteiger charge is 1.96. The highest BCUT2D eigenvalue weighted by molar-refractivity contribution is 5.72. The molecule has 0 atom stereocenters. The van der Waals surface area contributed by atoms with Crippen molar-refractivity contribution in [2.75, 3.05) is 12.3 Å². The van der Waals surface area contributed by atoms with Gasteiger partial charge in [-0.15, -0.1) is 0 Å². The standard InChI is InChI=1S/C11H12N2O2/c1-2-15-11(14)5-3-4-9-6-7-13-10(12)8-9/h6-8H,2,5H2,1H3,(H2,12,13). The van der Waals surface area contributed by atoms with E-state index in [0.717, 1.165) is 5.56 Å². The van der Waals surface area contributed by atoms with E-state index in [0.29, 0.717) is 12.4 Å². The molecule has 78 valence electrons. The fraction of sp³-hybridized carbons (Fsp3) is 0.273. The van der Waals surface area contributed by atoms with Gasteiger partial charge in [0, 0.05) is 11.8 Å². The molecule has 0 radical (unpaired) electrons. The van der Waals surface area contributed by atoms with E-state index in [1.165, 1.54) is 0 Å². The Morgan fingerprint density at radius 2 is 2.47 bits per heavy atom. The van der Waals surface area contributed by atoms with Crippen LogP contribution in [0.5, 0.6) is 0 Å². The smallest absolute Gasteiger partial charge is 0.317 e. The van der Waals surface area contributed by atoms with Gasteiger partial charge in [0.25, 0.3) is 0 Å². The maximum atomic E-state index is 10.9. The third-order valence-corrected chi connectivity index (χ3v) is 1.55. The lowest BCUT2D eigenvalue weighted by molar-refractivity contribution is -0.141. The van der Waals surface area contributed by atoms with E-state index in [-0.39, 0.29) is 12.4 Å². The van der Waals surface area contributed by atoms with Crippen molar-refractivity contribution in [1.82, 2.24) is 4.98 Å². The number of aromatic nitrogens is 1. The molecule has 1 aromatic rings. The van der Waals surface area contributed by atoms with Gasteiger partial charge >= 0.3 is 5.97 Å². The molecule has 0 amide bonds. The van der Waals surface area contributed by atoms with Crippen LogP contribution in [0.25, 0.3) is 0 Å². The zero-order valence-electron chi connectivity index (χ0n) is 8.49. The maximum absolute atomic E-state index is 10.9. The summed E-state index contributed by atoms with van der Waals surface area (Å²) >= 11 is 0. The fourth-order valence-electron chi connectivity index (χ4n) is 0.957. The molecular weight excluding hydrogens is 192 g/mol. The molecule has 0 aliphatic heterocycles. The van der Waals surface area contributed by atoms with Crippen LogP contribution in [-0.4, -0.2) is 17.6 Å². The van der Waals surface area contributed by atoms with Gasteiger partial charge in [-0.2, -0.15) is 0 Å². The lowest BCUT2D eigenvalue weighted by Gasteiger charge is -1.95. The molecule has 0 bridgehead atoms. The Balaban J connectivity index is 2.55. The van der Waals surface area contributed by atoms with Crippen molar-refractivity contribution in [3.63, 3.8) is 0 Å². The first-order valence-corrected chi connectivity index (χ1v) is 4.58. The third kappa shape index (κ3) is 4.14. The van der Waals surface area contributed by atoms with Crippen LogP contribution < -0.4 is 5.73 Å². The molecule has 0 spiro atoms. The quantitative estimate of drug-likeness (QED) is 0.575. The first-order valence-electron chi connectivity index (χ1n) is 4.58. The molecule has 1 aromatic heterocycles. The summed E-state index contributed by atoms with van der Waals surface area (Å²) in [5, 5.41) is 0. The van der Waals surface area contributed by atoms with E-state index < -0.39 is 0 Å². The first kappa shape index (κ1) is 11.1. The zero-order chi connectivity index (χ0) is 11.1. The summed E-state index contributed by atoms with van der Waals surface area (Å²) in [6.07, 6.45) is 1.67. The Kier molecular flexibility index (Phi) is 4.17. The Hall–Kier alpha value is -2.02. The van der Waals surface area contributed by atoms with Crippen LogP contribution in [0.4, 0.5) is 5.82 Å². The average Bonchev–Trinajstić information content (AvgIpc) is 2.18. The molecule has 2 N–H and O–H groups in total. The normalized spacial score (nSPS) is 8.87. The van der Waals surface area contributed by atoms with Crippen LogP contribution in [0.15, 0.2) is 18.3 Å². The van der Waals surface area contributed by atoms with E-state index in [1.54, 1.807) is 25.3 Å². The van der Waals surface area contributed by atoms with Crippen molar-refractivity contribution in [1.29, 1.82) is 0 Å². The lowest BCUT2D eigenvalue weighted by atomic mass is 10.2. The predicted molar refractivity (Wildman–Crippen MR) is 56.8 cm³/mol. The zero-order valence-corrected chi connectivity index (χ0v) is 8.49. The minimum atomic E-state index is -0.313. The average molecular weight is 204 g/mol. The highest BCUT2D eigenvalue weighted by Crippen LogP contribution is 2.00. The van der Waals surface area contributed by atoms with Gasteiger partial charge in [0.2, 0.25) is 0 Å². The number of nitrogens with two attached hydrogens (primary N) is 1. The Bertz CT molecular complexity index is 405. The van der Waals surface area contributed by atoms with E-state index in [2.05, 4.69) is 16.8 Å². The fourth-order valence-corrected chi connectivity index (χ4v) is 0.957. The number of nitrogen functional groups attached to an aromatic ring is 1. The molecule has 1 heterocycles. The van der Waals surface area contributed by atoms with E-state index in [9.17, 15) is 4.79 Å². The highest BCUT2D eigenvalue weighted by atomic mass is 16.5. The van der Waals surface area contributed by atoms with Gasteiger partial charge in [0.15, 0.2) is 0 Å². The summed E-state index contributed by atoms with van der Waals surface area (Å²) in [4.78, 5) is 14.8. The van der Waals surface area contributed by atoms with Crippen LogP contribution in [0.1, 0.15) is 18.9 Å². The van der Waals surface area contributed by atoms with Crippen LogP contribution >= 0.6 is 0 Å². The van der Waals surface area contributed by atoms with Crippen LogP contribution in [0, 0.1) is 11.8 Å². The first-order chi connectivity index (χ1) is 7.22. The number of anilines is 1. The second-order valence-corrected chi connectivity index (χ2v) is 2.75. The summed E-state index contributed by atoms with van der Waals surface area (Å²) < 4.78 is 4.73. The largest absolute Gasteiger partial charge is 0.465 e. The molecule has 0 aromatic carbocycles. The topological polar surface area (TPSA) is 65.2 Å². The van der Waals surface area contributed by atoms with E-state index in [4.69, 9.17) is 10.5 Å². The van der Waals surface area contributed by atoms with Gasteiger partial charge in [-0.25, -0.2) is 4.98 Å². The number of esters is 1. The number of hydrogen-bond acceptors (Lipinski definition) is 4. The molecule has 0 saturated heterocycles. The molecule has 0 saturated carbocycles. The number of rotatable bonds is 2. The summed E-state index contributed by atoms with van der Waals surface area (Å²) in [6, 6.07) is 3.38. The molecule has 15 heavy (non-hydrogen) atoms. The Morgan fingerprint density at radius 1 is 1.67 bits per heavy atom. The van der Waals surface area contributed by atoms with Crippen molar-refractivity contribution in [3.05, 3.63) is 23.9 Å². The molecule has 1 rings (SSSR count). The summed E-state index contributed by atoms with van der Waals surface area (Å²) in [5.41, 5.74) is 6.21. The van der Waals surface area contributed by atoms with Gasteiger partial charge in [0.05, 0.1) is 6.61 Å². The second kappa shape index (κ2) is 5.66.